The van der Waals surface area contributed by atoms with Crippen LogP contribution in [0.15, 0.2) is 42.5 Å². The van der Waals surface area contributed by atoms with Crippen LogP contribution in [0.3, 0.4) is 0 Å². The average molecular weight is 372 g/mol. The SMILES string of the molecule is Fc1ccc(C=Cc2nn3c(Cc4cc(F)cc(F)c4)nnc3s2)cc1. The Balaban J connectivity index is 1.59. The summed E-state index contributed by atoms with van der Waals surface area (Å²) in [6, 6.07) is 9.43. The zero-order valence-corrected chi connectivity index (χ0v) is 14.1. The van der Waals surface area contributed by atoms with E-state index in [1.807, 2.05) is 6.08 Å². The molecular weight excluding hydrogens is 361 g/mol. The first-order chi connectivity index (χ1) is 12.6. The van der Waals surface area contributed by atoms with Crippen LogP contribution in [-0.2, 0) is 6.42 Å². The minimum absolute atomic E-state index is 0.209. The molecule has 0 bridgehead atoms. The standard InChI is InChI=1S/C18H11F3N4S/c19-13-4-1-11(2-5-13)3-6-17-24-25-16(22-23-18(25)26-17)9-12-7-14(20)10-15(21)8-12/h1-8,10H,9H2. The van der Waals surface area contributed by atoms with Crippen LogP contribution in [0.5, 0.6) is 0 Å². The van der Waals surface area contributed by atoms with Crippen molar-refractivity contribution >= 4 is 28.4 Å². The maximum atomic E-state index is 13.3. The number of nitrogens with zero attached hydrogens (tertiary/aromatic N) is 4. The molecule has 2 aromatic heterocycles. The zero-order chi connectivity index (χ0) is 18.1. The molecule has 0 aliphatic heterocycles. The van der Waals surface area contributed by atoms with Crippen molar-refractivity contribution in [2.45, 2.75) is 6.42 Å². The predicted octanol–water partition coefficient (Wildman–Crippen LogP) is 4.36. The van der Waals surface area contributed by atoms with Crippen LogP contribution in [0.4, 0.5) is 13.2 Å². The van der Waals surface area contributed by atoms with E-state index < -0.39 is 11.6 Å². The van der Waals surface area contributed by atoms with Gasteiger partial charge in [0.2, 0.25) is 4.96 Å². The minimum Gasteiger partial charge on any atom is -0.207 e. The molecule has 4 aromatic rings. The molecule has 0 saturated carbocycles. The number of benzene rings is 2. The Labute approximate surface area is 150 Å². The number of hydrogen-bond acceptors (Lipinski definition) is 4. The van der Waals surface area contributed by atoms with Crippen LogP contribution in [0.2, 0.25) is 0 Å². The molecule has 0 unspecified atom stereocenters. The zero-order valence-electron chi connectivity index (χ0n) is 13.2. The highest BCUT2D eigenvalue weighted by molar-refractivity contribution is 7.17. The average Bonchev–Trinajstić information content (AvgIpc) is 3.15. The molecule has 26 heavy (non-hydrogen) atoms. The van der Waals surface area contributed by atoms with Gasteiger partial charge in [0.15, 0.2) is 5.82 Å². The number of halogens is 3. The molecule has 130 valence electrons. The van der Waals surface area contributed by atoms with E-state index in [-0.39, 0.29) is 12.2 Å². The highest BCUT2D eigenvalue weighted by atomic mass is 32.1. The quantitative estimate of drug-likeness (QED) is 0.534. The van der Waals surface area contributed by atoms with Gasteiger partial charge in [-0.2, -0.15) is 9.61 Å². The summed E-state index contributed by atoms with van der Waals surface area (Å²) < 4.78 is 41.1. The van der Waals surface area contributed by atoms with Crippen molar-refractivity contribution < 1.29 is 13.2 Å². The van der Waals surface area contributed by atoms with Gasteiger partial charge < -0.3 is 0 Å². The molecule has 0 radical (unpaired) electrons. The molecule has 0 saturated heterocycles. The van der Waals surface area contributed by atoms with Gasteiger partial charge in [-0.3, -0.25) is 0 Å². The van der Waals surface area contributed by atoms with E-state index in [1.54, 1.807) is 22.7 Å². The van der Waals surface area contributed by atoms with Gasteiger partial charge in [-0.1, -0.05) is 29.5 Å². The van der Waals surface area contributed by atoms with E-state index >= 15 is 0 Å². The molecule has 4 nitrogen and oxygen atoms in total. The second-order valence-corrected chi connectivity index (χ2v) is 6.58. The summed E-state index contributed by atoms with van der Waals surface area (Å²) in [5.41, 5.74) is 1.29. The van der Waals surface area contributed by atoms with Crippen LogP contribution in [0, 0.1) is 17.5 Å². The summed E-state index contributed by atoms with van der Waals surface area (Å²) in [7, 11) is 0. The highest BCUT2D eigenvalue weighted by Crippen LogP contribution is 2.19. The Morgan fingerprint density at radius 3 is 2.35 bits per heavy atom. The van der Waals surface area contributed by atoms with Crippen LogP contribution in [-0.4, -0.2) is 19.8 Å². The third kappa shape index (κ3) is 3.50. The Morgan fingerprint density at radius 1 is 0.885 bits per heavy atom. The van der Waals surface area contributed by atoms with Gasteiger partial charge in [0.05, 0.1) is 0 Å². The van der Waals surface area contributed by atoms with Gasteiger partial charge in [0, 0.05) is 12.5 Å². The van der Waals surface area contributed by atoms with Crippen LogP contribution in [0.1, 0.15) is 22.0 Å². The minimum atomic E-state index is -0.637. The second-order valence-electron chi connectivity index (χ2n) is 5.59. The number of fused-ring (bicyclic) bond motifs is 1. The van der Waals surface area contributed by atoms with Gasteiger partial charge in [-0.25, -0.2) is 13.2 Å². The van der Waals surface area contributed by atoms with E-state index in [0.29, 0.717) is 21.4 Å². The fraction of sp³-hybridized carbons (Fsp3) is 0.0556. The molecule has 8 heteroatoms. The summed E-state index contributed by atoms with van der Waals surface area (Å²) in [5.74, 6) is -1.08. The molecule has 0 aliphatic rings. The molecule has 0 fully saturated rings. The van der Waals surface area contributed by atoms with E-state index in [4.69, 9.17) is 0 Å². The third-order valence-electron chi connectivity index (χ3n) is 3.64. The van der Waals surface area contributed by atoms with E-state index in [0.717, 1.165) is 11.6 Å². The lowest BCUT2D eigenvalue weighted by molar-refractivity contribution is 0.580. The fourth-order valence-electron chi connectivity index (χ4n) is 2.49. The maximum Gasteiger partial charge on any atom is 0.234 e. The van der Waals surface area contributed by atoms with Gasteiger partial charge in [-0.15, -0.1) is 10.2 Å². The lowest BCUT2D eigenvalue weighted by Crippen LogP contribution is -1.99. The molecule has 0 amide bonds. The number of hydrogen-bond donors (Lipinski definition) is 0. The molecule has 4 rings (SSSR count). The third-order valence-corrected chi connectivity index (χ3v) is 4.51. The van der Waals surface area contributed by atoms with Crippen molar-refractivity contribution in [3.63, 3.8) is 0 Å². The van der Waals surface area contributed by atoms with Crippen molar-refractivity contribution in [3.8, 4) is 0 Å². The smallest absolute Gasteiger partial charge is 0.207 e. The normalized spacial score (nSPS) is 11.7. The summed E-state index contributed by atoms with van der Waals surface area (Å²) in [6.45, 7) is 0. The van der Waals surface area contributed by atoms with Crippen molar-refractivity contribution in [3.05, 3.63) is 81.9 Å². The monoisotopic (exact) mass is 372 g/mol. The molecule has 0 N–H and O–H groups in total. The molecular formula is C18H11F3N4S. The van der Waals surface area contributed by atoms with Gasteiger partial charge >= 0.3 is 0 Å². The van der Waals surface area contributed by atoms with Crippen LogP contribution in [0.25, 0.3) is 17.1 Å². The van der Waals surface area contributed by atoms with E-state index in [1.165, 1.54) is 35.6 Å². The van der Waals surface area contributed by atoms with Crippen LogP contribution >= 0.6 is 11.3 Å². The Bertz CT molecular complexity index is 1080. The van der Waals surface area contributed by atoms with Crippen molar-refractivity contribution in [1.82, 2.24) is 19.8 Å². The predicted molar refractivity (Wildman–Crippen MR) is 93.2 cm³/mol. The maximum absolute atomic E-state index is 13.3. The molecule has 2 heterocycles. The largest absolute Gasteiger partial charge is 0.234 e. The highest BCUT2D eigenvalue weighted by Gasteiger charge is 2.12. The summed E-state index contributed by atoms with van der Waals surface area (Å²) >= 11 is 1.33. The van der Waals surface area contributed by atoms with Gasteiger partial charge in [-0.05, 0) is 41.5 Å². The molecule has 0 aliphatic carbocycles. The van der Waals surface area contributed by atoms with Crippen LogP contribution < -0.4 is 0 Å². The first-order valence-electron chi connectivity index (χ1n) is 7.66. The topological polar surface area (TPSA) is 43.1 Å². The molecule has 0 atom stereocenters. The Hall–Kier alpha value is -3.00. The van der Waals surface area contributed by atoms with Crippen molar-refractivity contribution in [2.75, 3.05) is 0 Å². The summed E-state index contributed by atoms with van der Waals surface area (Å²) in [6.07, 6.45) is 3.81. The summed E-state index contributed by atoms with van der Waals surface area (Å²) in [4.78, 5) is 0.579. The summed E-state index contributed by atoms with van der Waals surface area (Å²) in [5, 5.41) is 13.2. The number of rotatable bonds is 4. The Kier molecular flexibility index (Phi) is 4.26. The Morgan fingerprint density at radius 2 is 1.62 bits per heavy atom. The second kappa shape index (κ2) is 6.72. The lowest BCUT2D eigenvalue weighted by atomic mass is 10.1. The van der Waals surface area contributed by atoms with E-state index in [2.05, 4.69) is 15.3 Å². The number of aromatic nitrogens is 4. The molecule has 2 aromatic carbocycles. The van der Waals surface area contributed by atoms with Crippen molar-refractivity contribution in [1.29, 1.82) is 0 Å². The lowest BCUT2D eigenvalue weighted by Gasteiger charge is -1.99. The fourth-order valence-corrected chi connectivity index (χ4v) is 3.25. The first-order valence-corrected chi connectivity index (χ1v) is 8.48. The van der Waals surface area contributed by atoms with E-state index in [9.17, 15) is 13.2 Å². The van der Waals surface area contributed by atoms with Gasteiger partial charge in [0.25, 0.3) is 0 Å². The van der Waals surface area contributed by atoms with Gasteiger partial charge in [0.1, 0.15) is 22.5 Å². The molecule has 0 spiro atoms. The first kappa shape index (κ1) is 16.5. The van der Waals surface area contributed by atoms with Crippen molar-refractivity contribution in [2.24, 2.45) is 0 Å².